The average molecular weight is 312 g/mol. The normalized spacial score (nSPS) is 14.6. The van der Waals surface area contributed by atoms with E-state index in [1.54, 1.807) is 17.0 Å². The molecule has 0 atom stereocenters. The highest BCUT2D eigenvalue weighted by molar-refractivity contribution is 5.68. The van der Waals surface area contributed by atoms with Crippen molar-refractivity contribution in [3.05, 3.63) is 60.2 Å². The molecule has 1 saturated heterocycles. The number of carbonyl (C=O) groups excluding carboxylic acids is 1. The summed E-state index contributed by atoms with van der Waals surface area (Å²) in [6, 6.07) is 16.8. The second-order valence-electron chi connectivity index (χ2n) is 5.53. The second kappa shape index (κ2) is 7.05. The molecule has 0 unspecified atom stereocenters. The Morgan fingerprint density at radius 2 is 1.61 bits per heavy atom. The van der Waals surface area contributed by atoms with Gasteiger partial charge < -0.3 is 19.6 Å². The lowest BCUT2D eigenvalue weighted by atomic mass is 10.2. The largest absolute Gasteiger partial charge is 0.508 e. The average Bonchev–Trinajstić information content (AvgIpc) is 2.61. The Hall–Kier alpha value is -2.69. The van der Waals surface area contributed by atoms with Crippen LogP contribution in [0.15, 0.2) is 54.6 Å². The van der Waals surface area contributed by atoms with Gasteiger partial charge in [-0.15, -0.1) is 0 Å². The molecule has 1 amide bonds. The number of anilines is 1. The van der Waals surface area contributed by atoms with Crippen LogP contribution >= 0.6 is 0 Å². The van der Waals surface area contributed by atoms with Gasteiger partial charge in [-0.3, -0.25) is 0 Å². The van der Waals surface area contributed by atoms with Crippen LogP contribution in [-0.4, -0.2) is 42.3 Å². The Labute approximate surface area is 135 Å². The fourth-order valence-electron chi connectivity index (χ4n) is 2.62. The fraction of sp³-hybridized carbons (Fsp3) is 0.278. The number of hydrogen-bond acceptors (Lipinski definition) is 4. The number of nitrogens with zero attached hydrogens (tertiary/aromatic N) is 2. The highest BCUT2D eigenvalue weighted by Crippen LogP contribution is 2.20. The smallest absolute Gasteiger partial charge is 0.410 e. The molecule has 0 spiro atoms. The van der Waals surface area contributed by atoms with Crippen LogP contribution in [-0.2, 0) is 11.3 Å². The van der Waals surface area contributed by atoms with Gasteiger partial charge in [-0.25, -0.2) is 4.79 Å². The summed E-state index contributed by atoms with van der Waals surface area (Å²) in [5, 5.41) is 9.33. The van der Waals surface area contributed by atoms with E-state index in [1.807, 2.05) is 42.5 Å². The van der Waals surface area contributed by atoms with Crippen LogP contribution in [0.1, 0.15) is 5.56 Å². The number of piperazine rings is 1. The van der Waals surface area contributed by atoms with Crippen LogP contribution < -0.4 is 4.90 Å². The maximum Gasteiger partial charge on any atom is 0.410 e. The molecule has 2 aromatic rings. The number of aromatic hydroxyl groups is 1. The topological polar surface area (TPSA) is 53.0 Å². The Kier molecular flexibility index (Phi) is 4.66. The van der Waals surface area contributed by atoms with E-state index in [0.717, 1.165) is 24.3 Å². The van der Waals surface area contributed by atoms with Crippen molar-refractivity contribution >= 4 is 11.8 Å². The van der Waals surface area contributed by atoms with Crippen molar-refractivity contribution in [1.82, 2.24) is 4.90 Å². The molecule has 120 valence electrons. The molecule has 1 aliphatic rings. The zero-order valence-corrected chi connectivity index (χ0v) is 12.9. The van der Waals surface area contributed by atoms with Crippen molar-refractivity contribution in [2.75, 3.05) is 31.1 Å². The third kappa shape index (κ3) is 3.94. The van der Waals surface area contributed by atoms with E-state index in [-0.39, 0.29) is 11.8 Å². The molecule has 1 aliphatic heterocycles. The lowest BCUT2D eigenvalue weighted by Gasteiger charge is -2.35. The monoisotopic (exact) mass is 312 g/mol. The van der Waals surface area contributed by atoms with E-state index in [9.17, 15) is 9.90 Å². The number of amides is 1. The summed E-state index contributed by atoms with van der Waals surface area (Å²) >= 11 is 0. The molecular weight excluding hydrogens is 292 g/mol. The molecule has 0 aliphatic carbocycles. The van der Waals surface area contributed by atoms with Gasteiger partial charge in [-0.1, -0.05) is 30.3 Å². The molecule has 0 bridgehead atoms. The number of benzene rings is 2. The summed E-state index contributed by atoms with van der Waals surface area (Å²) in [6.07, 6.45) is -0.265. The number of rotatable bonds is 3. The van der Waals surface area contributed by atoms with Crippen molar-refractivity contribution in [2.45, 2.75) is 6.61 Å². The fourth-order valence-corrected chi connectivity index (χ4v) is 2.62. The molecule has 5 nitrogen and oxygen atoms in total. The van der Waals surface area contributed by atoms with Gasteiger partial charge in [0.2, 0.25) is 0 Å². The minimum Gasteiger partial charge on any atom is -0.508 e. The SMILES string of the molecule is O=C(OCc1ccccc1)N1CCN(c2ccc(O)cc2)CC1. The van der Waals surface area contributed by atoms with Crippen molar-refractivity contribution < 1.29 is 14.6 Å². The van der Waals surface area contributed by atoms with Crippen LogP contribution in [0.5, 0.6) is 5.75 Å². The predicted molar refractivity (Wildman–Crippen MR) is 88.5 cm³/mol. The van der Waals surface area contributed by atoms with Crippen LogP contribution in [0.25, 0.3) is 0 Å². The first-order valence-corrected chi connectivity index (χ1v) is 7.72. The third-order valence-corrected chi connectivity index (χ3v) is 3.96. The van der Waals surface area contributed by atoms with Gasteiger partial charge in [-0.2, -0.15) is 0 Å². The Morgan fingerprint density at radius 3 is 2.26 bits per heavy atom. The highest BCUT2D eigenvalue weighted by Gasteiger charge is 2.22. The summed E-state index contributed by atoms with van der Waals surface area (Å²) in [4.78, 5) is 16.0. The summed E-state index contributed by atoms with van der Waals surface area (Å²) < 4.78 is 5.36. The molecule has 1 N–H and O–H groups in total. The van der Waals surface area contributed by atoms with Gasteiger partial charge in [0, 0.05) is 31.9 Å². The van der Waals surface area contributed by atoms with Crippen molar-refractivity contribution in [3.8, 4) is 5.75 Å². The molecule has 3 rings (SSSR count). The van der Waals surface area contributed by atoms with E-state index < -0.39 is 0 Å². The maximum atomic E-state index is 12.1. The van der Waals surface area contributed by atoms with Gasteiger partial charge >= 0.3 is 6.09 Å². The Morgan fingerprint density at radius 1 is 0.957 bits per heavy atom. The molecule has 5 heteroatoms. The summed E-state index contributed by atoms with van der Waals surface area (Å²) in [5.74, 6) is 0.261. The standard InChI is InChI=1S/C18H20N2O3/c21-17-8-6-16(7-9-17)19-10-12-20(13-11-19)18(22)23-14-15-4-2-1-3-5-15/h1-9,21H,10-14H2. The molecular formula is C18H20N2O3. The van der Waals surface area contributed by atoms with Crippen LogP contribution in [0.4, 0.5) is 10.5 Å². The zero-order chi connectivity index (χ0) is 16.1. The van der Waals surface area contributed by atoms with Crippen LogP contribution in [0, 0.1) is 0 Å². The minimum atomic E-state index is -0.265. The van der Waals surface area contributed by atoms with Crippen LogP contribution in [0.2, 0.25) is 0 Å². The lowest BCUT2D eigenvalue weighted by molar-refractivity contribution is 0.0942. The van der Waals surface area contributed by atoms with Gasteiger partial charge in [0.05, 0.1) is 0 Å². The van der Waals surface area contributed by atoms with E-state index in [4.69, 9.17) is 4.74 Å². The van der Waals surface area contributed by atoms with Gasteiger partial charge in [-0.05, 0) is 29.8 Å². The van der Waals surface area contributed by atoms with E-state index in [2.05, 4.69) is 4.90 Å². The number of phenols is 1. The van der Waals surface area contributed by atoms with Crippen molar-refractivity contribution in [3.63, 3.8) is 0 Å². The Balaban J connectivity index is 1.48. The maximum absolute atomic E-state index is 12.1. The molecule has 0 radical (unpaired) electrons. The first-order valence-electron chi connectivity index (χ1n) is 7.72. The molecule has 2 aromatic carbocycles. The van der Waals surface area contributed by atoms with Gasteiger partial charge in [0.1, 0.15) is 12.4 Å². The minimum absolute atomic E-state index is 0.261. The van der Waals surface area contributed by atoms with Gasteiger partial charge in [0.15, 0.2) is 0 Å². The summed E-state index contributed by atoms with van der Waals surface area (Å²) in [7, 11) is 0. The van der Waals surface area contributed by atoms with E-state index in [0.29, 0.717) is 19.7 Å². The number of phenolic OH excluding ortho intramolecular Hbond substituents is 1. The molecule has 0 saturated carbocycles. The van der Waals surface area contributed by atoms with Crippen molar-refractivity contribution in [2.24, 2.45) is 0 Å². The van der Waals surface area contributed by atoms with E-state index >= 15 is 0 Å². The Bertz CT molecular complexity index is 635. The van der Waals surface area contributed by atoms with Crippen LogP contribution in [0.3, 0.4) is 0 Å². The first kappa shape index (κ1) is 15.2. The predicted octanol–water partition coefficient (Wildman–Crippen LogP) is 2.85. The molecule has 23 heavy (non-hydrogen) atoms. The zero-order valence-electron chi connectivity index (χ0n) is 12.9. The summed E-state index contributed by atoms with van der Waals surface area (Å²) in [5.41, 5.74) is 2.05. The quantitative estimate of drug-likeness (QED) is 0.947. The lowest BCUT2D eigenvalue weighted by Crippen LogP contribution is -2.48. The number of carbonyl (C=O) groups is 1. The number of ether oxygens (including phenoxy) is 1. The van der Waals surface area contributed by atoms with E-state index in [1.165, 1.54) is 0 Å². The van der Waals surface area contributed by atoms with Gasteiger partial charge in [0.25, 0.3) is 0 Å². The van der Waals surface area contributed by atoms with Crippen molar-refractivity contribution in [1.29, 1.82) is 0 Å². The number of hydrogen-bond donors (Lipinski definition) is 1. The molecule has 0 aromatic heterocycles. The first-order chi connectivity index (χ1) is 11.2. The second-order valence-corrected chi connectivity index (χ2v) is 5.53. The summed E-state index contributed by atoms with van der Waals surface area (Å²) in [6.45, 7) is 3.08. The highest BCUT2D eigenvalue weighted by atomic mass is 16.6. The molecule has 1 fully saturated rings. The third-order valence-electron chi connectivity index (χ3n) is 3.96. The molecule has 1 heterocycles.